The standard InChI is InChI=1S/C9H14F6O/c1-3-4-6(2)5-7(16,8(10,11)12)9(13,14)15/h6,16H,3-5H2,1-2H3. The third-order valence-electron chi connectivity index (χ3n) is 2.36. The third kappa shape index (κ3) is 3.26. The van der Waals surface area contributed by atoms with E-state index in [2.05, 4.69) is 0 Å². The summed E-state index contributed by atoms with van der Waals surface area (Å²) in [6.45, 7) is 2.91. The lowest BCUT2D eigenvalue weighted by atomic mass is 9.88. The zero-order chi connectivity index (χ0) is 13.2. The molecule has 0 aromatic carbocycles. The van der Waals surface area contributed by atoms with Gasteiger partial charge in [0.25, 0.3) is 5.60 Å². The molecule has 0 radical (unpaired) electrons. The summed E-state index contributed by atoms with van der Waals surface area (Å²) in [5, 5.41) is 8.83. The first-order valence-corrected chi connectivity index (χ1v) is 4.81. The van der Waals surface area contributed by atoms with Crippen LogP contribution in [0.4, 0.5) is 26.3 Å². The van der Waals surface area contributed by atoms with E-state index in [-0.39, 0.29) is 6.42 Å². The van der Waals surface area contributed by atoms with E-state index in [1.165, 1.54) is 6.92 Å². The molecule has 0 rings (SSSR count). The Morgan fingerprint density at radius 2 is 1.38 bits per heavy atom. The number of alkyl halides is 6. The Morgan fingerprint density at radius 1 is 1.00 bits per heavy atom. The van der Waals surface area contributed by atoms with Crippen molar-refractivity contribution in [3.05, 3.63) is 0 Å². The number of rotatable bonds is 4. The molecule has 0 aliphatic rings. The molecule has 0 spiro atoms. The van der Waals surface area contributed by atoms with Gasteiger partial charge in [0.1, 0.15) is 0 Å². The van der Waals surface area contributed by atoms with E-state index in [1.54, 1.807) is 6.92 Å². The summed E-state index contributed by atoms with van der Waals surface area (Å²) in [7, 11) is 0. The van der Waals surface area contributed by atoms with Crippen molar-refractivity contribution in [3.8, 4) is 0 Å². The fourth-order valence-electron chi connectivity index (χ4n) is 1.49. The van der Waals surface area contributed by atoms with Gasteiger partial charge < -0.3 is 5.11 Å². The first-order chi connectivity index (χ1) is 6.95. The summed E-state index contributed by atoms with van der Waals surface area (Å²) >= 11 is 0. The van der Waals surface area contributed by atoms with Crippen molar-refractivity contribution < 1.29 is 31.4 Å². The fraction of sp³-hybridized carbons (Fsp3) is 1.00. The predicted molar refractivity (Wildman–Crippen MR) is 45.7 cm³/mol. The van der Waals surface area contributed by atoms with Gasteiger partial charge in [-0.15, -0.1) is 0 Å². The molecule has 16 heavy (non-hydrogen) atoms. The van der Waals surface area contributed by atoms with Gasteiger partial charge in [0.05, 0.1) is 0 Å². The van der Waals surface area contributed by atoms with Gasteiger partial charge in [-0.25, -0.2) is 0 Å². The maximum atomic E-state index is 12.2. The van der Waals surface area contributed by atoms with Crippen LogP contribution in [0.25, 0.3) is 0 Å². The average Bonchev–Trinajstić information content (AvgIpc) is 1.99. The highest BCUT2D eigenvalue weighted by Gasteiger charge is 2.70. The van der Waals surface area contributed by atoms with E-state index in [0.717, 1.165) is 0 Å². The van der Waals surface area contributed by atoms with Crippen LogP contribution in [-0.2, 0) is 0 Å². The second-order valence-electron chi connectivity index (χ2n) is 3.95. The molecular weight excluding hydrogens is 238 g/mol. The van der Waals surface area contributed by atoms with Crippen molar-refractivity contribution in [2.75, 3.05) is 0 Å². The second-order valence-corrected chi connectivity index (χ2v) is 3.95. The van der Waals surface area contributed by atoms with E-state index in [9.17, 15) is 26.3 Å². The van der Waals surface area contributed by atoms with Crippen LogP contribution in [-0.4, -0.2) is 23.1 Å². The minimum absolute atomic E-state index is 0.203. The summed E-state index contributed by atoms with van der Waals surface area (Å²) in [5.41, 5.74) is -4.60. The highest BCUT2D eigenvalue weighted by molar-refractivity contribution is 4.94. The molecule has 0 aliphatic carbocycles. The third-order valence-corrected chi connectivity index (χ3v) is 2.36. The van der Waals surface area contributed by atoms with Crippen molar-refractivity contribution in [3.63, 3.8) is 0 Å². The lowest BCUT2D eigenvalue weighted by molar-refractivity contribution is -0.372. The number of hydrogen-bond donors (Lipinski definition) is 1. The van der Waals surface area contributed by atoms with E-state index in [0.29, 0.717) is 6.42 Å². The van der Waals surface area contributed by atoms with Gasteiger partial charge in [0, 0.05) is 0 Å². The number of hydrogen-bond acceptors (Lipinski definition) is 1. The SMILES string of the molecule is CCCC(C)CC(O)(C(F)(F)F)C(F)(F)F. The molecule has 0 bridgehead atoms. The van der Waals surface area contributed by atoms with Crippen LogP contribution in [0.2, 0.25) is 0 Å². The Hall–Kier alpha value is -0.460. The van der Waals surface area contributed by atoms with Gasteiger partial charge in [-0.05, 0) is 12.3 Å². The molecular formula is C9H14F6O. The minimum atomic E-state index is -5.70. The zero-order valence-corrected chi connectivity index (χ0v) is 8.91. The van der Waals surface area contributed by atoms with E-state index >= 15 is 0 Å². The Morgan fingerprint density at radius 3 is 1.62 bits per heavy atom. The molecule has 0 saturated carbocycles. The number of aliphatic hydroxyl groups is 1. The first-order valence-electron chi connectivity index (χ1n) is 4.81. The molecule has 1 atom stereocenters. The van der Waals surface area contributed by atoms with Crippen LogP contribution < -0.4 is 0 Å². The summed E-state index contributed by atoms with van der Waals surface area (Å²) in [5.74, 6) is -0.849. The predicted octanol–water partition coefficient (Wildman–Crippen LogP) is 3.67. The van der Waals surface area contributed by atoms with Gasteiger partial charge >= 0.3 is 12.4 Å². The molecule has 0 saturated heterocycles. The summed E-state index contributed by atoms with van der Waals surface area (Å²) < 4.78 is 73.4. The highest BCUT2D eigenvalue weighted by atomic mass is 19.4. The van der Waals surface area contributed by atoms with Crippen molar-refractivity contribution in [2.45, 2.75) is 51.1 Å². The average molecular weight is 252 g/mol. The highest BCUT2D eigenvalue weighted by Crippen LogP contribution is 2.47. The van der Waals surface area contributed by atoms with Crippen molar-refractivity contribution in [1.29, 1.82) is 0 Å². The van der Waals surface area contributed by atoms with Crippen LogP contribution in [0.3, 0.4) is 0 Å². The Labute approximate surface area is 89.4 Å². The number of halogens is 6. The van der Waals surface area contributed by atoms with Gasteiger partial charge in [0.15, 0.2) is 0 Å². The molecule has 7 heteroatoms. The molecule has 0 aromatic heterocycles. The van der Waals surface area contributed by atoms with Crippen LogP contribution in [0.5, 0.6) is 0 Å². The normalized spacial score (nSPS) is 16.3. The van der Waals surface area contributed by atoms with Crippen molar-refractivity contribution in [2.24, 2.45) is 5.92 Å². The quantitative estimate of drug-likeness (QED) is 0.757. The molecule has 1 unspecified atom stereocenters. The Kier molecular flexibility index (Phi) is 4.67. The van der Waals surface area contributed by atoms with E-state index in [4.69, 9.17) is 5.11 Å². The molecule has 1 nitrogen and oxygen atoms in total. The Bertz CT molecular complexity index is 205. The zero-order valence-electron chi connectivity index (χ0n) is 8.91. The first kappa shape index (κ1) is 15.5. The van der Waals surface area contributed by atoms with E-state index < -0.39 is 30.3 Å². The van der Waals surface area contributed by atoms with Crippen LogP contribution in [0, 0.1) is 5.92 Å². The van der Waals surface area contributed by atoms with Crippen LogP contribution >= 0.6 is 0 Å². The maximum Gasteiger partial charge on any atom is 0.426 e. The van der Waals surface area contributed by atoms with Gasteiger partial charge in [-0.3, -0.25) is 0 Å². The monoisotopic (exact) mass is 252 g/mol. The fourth-order valence-corrected chi connectivity index (χ4v) is 1.49. The molecule has 0 amide bonds. The lowest BCUT2D eigenvalue weighted by Crippen LogP contribution is -2.57. The molecule has 1 N–H and O–H groups in total. The smallest absolute Gasteiger partial charge is 0.374 e. The largest absolute Gasteiger partial charge is 0.426 e. The van der Waals surface area contributed by atoms with Gasteiger partial charge in [-0.2, -0.15) is 26.3 Å². The summed E-state index contributed by atoms with van der Waals surface area (Å²) in [6.07, 6.45) is -12.1. The topological polar surface area (TPSA) is 20.2 Å². The Balaban J connectivity index is 4.98. The van der Waals surface area contributed by atoms with Crippen LogP contribution in [0.1, 0.15) is 33.1 Å². The minimum Gasteiger partial charge on any atom is -0.374 e. The van der Waals surface area contributed by atoms with Crippen molar-refractivity contribution >= 4 is 0 Å². The van der Waals surface area contributed by atoms with E-state index in [1.807, 2.05) is 0 Å². The molecule has 0 aliphatic heterocycles. The summed E-state index contributed by atoms with van der Waals surface area (Å²) in [4.78, 5) is 0. The lowest BCUT2D eigenvalue weighted by Gasteiger charge is -2.34. The molecule has 0 fully saturated rings. The summed E-state index contributed by atoms with van der Waals surface area (Å²) in [6, 6.07) is 0. The van der Waals surface area contributed by atoms with Gasteiger partial charge in [-0.1, -0.05) is 26.7 Å². The molecule has 0 aromatic rings. The molecule has 98 valence electrons. The molecule has 0 heterocycles. The maximum absolute atomic E-state index is 12.2. The second kappa shape index (κ2) is 4.81. The van der Waals surface area contributed by atoms with Gasteiger partial charge in [0.2, 0.25) is 0 Å². The van der Waals surface area contributed by atoms with Crippen LogP contribution in [0.15, 0.2) is 0 Å². The van der Waals surface area contributed by atoms with Crippen molar-refractivity contribution in [1.82, 2.24) is 0 Å².